The minimum atomic E-state index is -1.12. The van der Waals surface area contributed by atoms with Crippen LogP contribution in [0.2, 0.25) is 0 Å². The van der Waals surface area contributed by atoms with Crippen LogP contribution in [0.5, 0.6) is 0 Å². The number of aliphatic hydroxyl groups is 1. The van der Waals surface area contributed by atoms with Gasteiger partial charge in [0.2, 0.25) is 0 Å². The van der Waals surface area contributed by atoms with Crippen LogP contribution in [0.25, 0.3) is 5.65 Å². The lowest BCUT2D eigenvalue weighted by Crippen LogP contribution is -2.37. The van der Waals surface area contributed by atoms with E-state index in [9.17, 15) is 14.3 Å². The van der Waals surface area contributed by atoms with Gasteiger partial charge >= 0.3 is 6.03 Å². The summed E-state index contributed by atoms with van der Waals surface area (Å²) in [5, 5.41) is 19.2. The Morgan fingerprint density at radius 3 is 2.88 bits per heavy atom. The molecule has 8 heteroatoms. The number of urea groups is 1. The third kappa shape index (κ3) is 3.49. The Balaban J connectivity index is 1.53. The maximum atomic E-state index is 13.5. The van der Waals surface area contributed by atoms with E-state index in [1.165, 1.54) is 18.2 Å². The van der Waals surface area contributed by atoms with Crippen molar-refractivity contribution >= 4 is 11.7 Å². The molecule has 0 saturated carbocycles. The van der Waals surface area contributed by atoms with Crippen LogP contribution >= 0.6 is 0 Å². The first-order chi connectivity index (χ1) is 11.6. The smallest absolute Gasteiger partial charge is 0.315 e. The fourth-order valence-corrected chi connectivity index (χ4v) is 2.30. The average molecular weight is 329 g/mol. The number of hydrogen-bond acceptors (Lipinski definition) is 4. The first-order valence-electron chi connectivity index (χ1n) is 7.37. The Hall–Kier alpha value is -3.00. The molecule has 0 aliphatic carbocycles. The van der Waals surface area contributed by atoms with Gasteiger partial charge in [-0.25, -0.2) is 18.7 Å². The van der Waals surface area contributed by atoms with Crippen LogP contribution in [0.15, 0.2) is 48.8 Å². The van der Waals surface area contributed by atoms with Gasteiger partial charge in [0, 0.05) is 24.4 Å². The maximum absolute atomic E-state index is 13.5. The van der Waals surface area contributed by atoms with E-state index < -0.39 is 18.0 Å². The fraction of sp³-hybridized carbons (Fsp3) is 0.188. The molecule has 3 aromatic rings. The van der Waals surface area contributed by atoms with Gasteiger partial charge in [-0.15, -0.1) is 0 Å². The largest absolute Gasteiger partial charge is 0.386 e. The van der Waals surface area contributed by atoms with Crippen LogP contribution in [0.1, 0.15) is 17.4 Å². The van der Waals surface area contributed by atoms with Gasteiger partial charge in [0.25, 0.3) is 0 Å². The lowest BCUT2D eigenvalue weighted by atomic mass is 10.1. The number of nitrogens with one attached hydrogen (secondary N) is 2. The summed E-state index contributed by atoms with van der Waals surface area (Å²) in [5.41, 5.74) is 1.59. The Morgan fingerprint density at radius 2 is 2.04 bits per heavy atom. The molecule has 1 atom stereocenters. The zero-order valence-corrected chi connectivity index (χ0v) is 12.7. The molecule has 0 radical (unpaired) electrons. The van der Waals surface area contributed by atoms with Crippen molar-refractivity contribution in [1.29, 1.82) is 0 Å². The summed E-state index contributed by atoms with van der Waals surface area (Å²) in [5.74, 6) is -0.509. The summed E-state index contributed by atoms with van der Waals surface area (Å²) in [7, 11) is 0. The number of hydrogen-bond donors (Lipinski definition) is 3. The number of benzene rings is 1. The minimum Gasteiger partial charge on any atom is -0.386 e. The van der Waals surface area contributed by atoms with Crippen molar-refractivity contribution in [2.24, 2.45) is 0 Å². The summed E-state index contributed by atoms with van der Waals surface area (Å²) in [6.45, 7) is 0.141. The summed E-state index contributed by atoms with van der Waals surface area (Å²) in [6, 6.07) is 8.93. The number of carbonyl (C=O) groups excluding carboxylic acids is 1. The van der Waals surface area contributed by atoms with Gasteiger partial charge in [-0.05, 0) is 12.1 Å². The van der Waals surface area contributed by atoms with Gasteiger partial charge in [0.15, 0.2) is 5.65 Å². The summed E-state index contributed by atoms with van der Waals surface area (Å²) < 4.78 is 15.2. The average Bonchev–Trinajstić information content (AvgIpc) is 3.07. The molecule has 2 heterocycles. The number of halogens is 1. The van der Waals surface area contributed by atoms with Gasteiger partial charge < -0.3 is 15.7 Å². The van der Waals surface area contributed by atoms with E-state index in [2.05, 4.69) is 20.7 Å². The van der Waals surface area contributed by atoms with Crippen molar-refractivity contribution in [3.63, 3.8) is 0 Å². The molecule has 124 valence electrons. The number of nitrogens with zero attached hydrogens (tertiary/aromatic N) is 3. The quantitative estimate of drug-likeness (QED) is 0.660. The second kappa shape index (κ2) is 7.05. The molecular formula is C16H16FN5O2. The standard InChI is InChI=1S/C16H16FN5O2/c17-13-4-2-1-3-12(13)14(23)10-20-16(24)19-9-11-5-7-18-15-6-8-21-22(11)15/h1-8,14,23H,9-10H2,(H2,19,20,24). The molecule has 0 bridgehead atoms. The summed E-state index contributed by atoms with van der Waals surface area (Å²) >= 11 is 0. The molecule has 0 spiro atoms. The third-order valence-electron chi connectivity index (χ3n) is 3.52. The predicted octanol–water partition coefficient (Wildman–Crippen LogP) is 1.40. The highest BCUT2D eigenvalue weighted by atomic mass is 19.1. The van der Waals surface area contributed by atoms with Crippen molar-refractivity contribution < 1.29 is 14.3 Å². The zero-order valence-electron chi connectivity index (χ0n) is 12.7. The van der Waals surface area contributed by atoms with E-state index in [1.807, 2.05) is 0 Å². The third-order valence-corrected chi connectivity index (χ3v) is 3.52. The normalized spacial score (nSPS) is 12.1. The lowest BCUT2D eigenvalue weighted by Gasteiger charge is -2.13. The molecule has 2 amide bonds. The SMILES string of the molecule is O=C(NCc1ccnc2ccnn12)NCC(O)c1ccccc1F. The van der Waals surface area contributed by atoms with Crippen LogP contribution in [0, 0.1) is 5.82 Å². The Morgan fingerprint density at radius 1 is 1.21 bits per heavy atom. The molecule has 0 aliphatic rings. The van der Waals surface area contributed by atoms with Crippen molar-refractivity contribution in [3.8, 4) is 0 Å². The Bertz CT molecular complexity index is 851. The molecule has 0 saturated heterocycles. The second-order valence-electron chi connectivity index (χ2n) is 5.14. The van der Waals surface area contributed by atoms with Crippen LogP contribution in [0.3, 0.4) is 0 Å². The first kappa shape index (κ1) is 15.9. The van der Waals surface area contributed by atoms with Gasteiger partial charge in [-0.3, -0.25) is 0 Å². The molecule has 3 N–H and O–H groups in total. The highest BCUT2D eigenvalue weighted by molar-refractivity contribution is 5.73. The predicted molar refractivity (Wildman–Crippen MR) is 84.6 cm³/mol. The highest BCUT2D eigenvalue weighted by Gasteiger charge is 2.13. The molecule has 0 aliphatic heterocycles. The number of rotatable bonds is 5. The van der Waals surface area contributed by atoms with E-state index in [0.717, 1.165) is 5.69 Å². The molecular weight excluding hydrogens is 313 g/mol. The van der Waals surface area contributed by atoms with Crippen LogP contribution in [-0.4, -0.2) is 32.3 Å². The molecule has 0 fully saturated rings. The number of amides is 2. The minimum absolute atomic E-state index is 0.0969. The fourth-order valence-electron chi connectivity index (χ4n) is 2.30. The topological polar surface area (TPSA) is 91.6 Å². The van der Waals surface area contributed by atoms with Gasteiger partial charge in [-0.1, -0.05) is 18.2 Å². The van der Waals surface area contributed by atoms with Gasteiger partial charge in [0.05, 0.1) is 24.5 Å². The number of fused-ring (bicyclic) bond motifs is 1. The van der Waals surface area contributed by atoms with Crippen molar-refractivity contribution in [1.82, 2.24) is 25.2 Å². The van der Waals surface area contributed by atoms with Crippen molar-refractivity contribution in [2.75, 3.05) is 6.54 Å². The van der Waals surface area contributed by atoms with E-state index in [0.29, 0.717) is 5.65 Å². The molecule has 2 aromatic heterocycles. The lowest BCUT2D eigenvalue weighted by molar-refractivity contribution is 0.169. The maximum Gasteiger partial charge on any atom is 0.315 e. The summed E-state index contributed by atoms with van der Waals surface area (Å²) in [4.78, 5) is 16.0. The molecule has 7 nitrogen and oxygen atoms in total. The number of aliphatic hydroxyl groups excluding tert-OH is 1. The molecule has 3 rings (SSSR count). The summed E-state index contributed by atoms with van der Waals surface area (Å²) in [6.07, 6.45) is 2.14. The molecule has 1 unspecified atom stereocenters. The van der Waals surface area contributed by atoms with Gasteiger partial charge in [0.1, 0.15) is 5.82 Å². The van der Waals surface area contributed by atoms with Crippen LogP contribution < -0.4 is 10.6 Å². The van der Waals surface area contributed by atoms with Crippen molar-refractivity contribution in [2.45, 2.75) is 12.6 Å². The Labute approximate surface area is 137 Å². The van der Waals surface area contributed by atoms with E-state index in [-0.39, 0.29) is 18.7 Å². The van der Waals surface area contributed by atoms with E-state index in [4.69, 9.17) is 0 Å². The zero-order chi connectivity index (χ0) is 16.9. The molecule has 24 heavy (non-hydrogen) atoms. The first-order valence-corrected chi connectivity index (χ1v) is 7.37. The van der Waals surface area contributed by atoms with Crippen molar-refractivity contribution in [3.05, 3.63) is 65.9 Å². The van der Waals surface area contributed by atoms with Crippen LogP contribution in [-0.2, 0) is 6.54 Å². The second-order valence-corrected chi connectivity index (χ2v) is 5.14. The molecule has 1 aromatic carbocycles. The monoisotopic (exact) mass is 329 g/mol. The van der Waals surface area contributed by atoms with E-state index in [1.54, 1.807) is 35.1 Å². The Kier molecular flexibility index (Phi) is 4.66. The highest BCUT2D eigenvalue weighted by Crippen LogP contribution is 2.15. The van der Waals surface area contributed by atoms with Crippen LogP contribution in [0.4, 0.5) is 9.18 Å². The number of carbonyl (C=O) groups is 1. The number of aromatic nitrogens is 3. The van der Waals surface area contributed by atoms with Gasteiger partial charge in [-0.2, -0.15) is 5.10 Å². The van der Waals surface area contributed by atoms with E-state index >= 15 is 0 Å².